The number of rotatable bonds is 3. The van der Waals surface area contributed by atoms with Gasteiger partial charge in [-0.05, 0) is 15.9 Å². The maximum absolute atomic E-state index is 11.2. The summed E-state index contributed by atoms with van der Waals surface area (Å²) < 4.78 is 0.398. The summed E-state index contributed by atoms with van der Waals surface area (Å²) >= 11 is 4.14. The Morgan fingerprint density at radius 1 is 1.77 bits per heavy atom. The summed E-state index contributed by atoms with van der Waals surface area (Å²) in [6.07, 6.45) is 0.365. The van der Waals surface area contributed by atoms with Crippen LogP contribution in [0.1, 0.15) is 23.0 Å². The molecule has 1 aromatic heterocycles. The van der Waals surface area contributed by atoms with Crippen molar-refractivity contribution in [2.45, 2.75) is 13.3 Å². The van der Waals surface area contributed by atoms with Crippen molar-refractivity contribution < 1.29 is 9.72 Å². The summed E-state index contributed by atoms with van der Waals surface area (Å²) in [5.74, 6) is -0.0706. The smallest absolute Gasteiger partial charge is 0.293 e. The number of carbonyl (C=O) groups excluding carboxylic acids is 1. The van der Waals surface area contributed by atoms with E-state index in [0.717, 1.165) is 11.3 Å². The highest BCUT2D eigenvalue weighted by molar-refractivity contribution is 9.11. The Labute approximate surface area is 86.8 Å². The molecule has 0 atom stereocenters. The lowest BCUT2D eigenvalue weighted by Gasteiger charge is -1.86. The fourth-order valence-corrected chi connectivity index (χ4v) is 2.44. The van der Waals surface area contributed by atoms with Crippen LogP contribution in [-0.4, -0.2) is 10.7 Å². The summed E-state index contributed by atoms with van der Waals surface area (Å²) in [4.78, 5) is 21.5. The van der Waals surface area contributed by atoms with E-state index in [2.05, 4.69) is 15.9 Å². The minimum absolute atomic E-state index is 0.0400. The Morgan fingerprint density at radius 2 is 2.38 bits per heavy atom. The average molecular weight is 264 g/mol. The highest BCUT2D eigenvalue weighted by Gasteiger charge is 2.19. The van der Waals surface area contributed by atoms with Gasteiger partial charge in [0.05, 0.1) is 9.80 Å². The molecule has 0 N–H and O–H groups in total. The zero-order chi connectivity index (χ0) is 10.0. The number of ketones is 1. The molecule has 70 valence electrons. The number of hydrogen-bond acceptors (Lipinski definition) is 4. The lowest BCUT2D eigenvalue weighted by Crippen LogP contribution is -1.91. The second kappa shape index (κ2) is 3.97. The van der Waals surface area contributed by atoms with Gasteiger partial charge in [-0.25, -0.2) is 0 Å². The van der Waals surface area contributed by atoms with E-state index in [9.17, 15) is 14.9 Å². The van der Waals surface area contributed by atoms with Gasteiger partial charge in [-0.1, -0.05) is 6.92 Å². The van der Waals surface area contributed by atoms with E-state index in [1.165, 1.54) is 6.07 Å². The monoisotopic (exact) mass is 263 g/mol. The van der Waals surface area contributed by atoms with E-state index in [1.807, 2.05) is 0 Å². The van der Waals surface area contributed by atoms with E-state index in [0.29, 0.717) is 15.1 Å². The molecule has 1 aromatic rings. The van der Waals surface area contributed by atoms with Crippen LogP contribution in [0.3, 0.4) is 0 Å². The minimum atomic E-state index is -0.507. The number of nitrogens with zero attached hydrogens (tertiary/aromatic N) is 1. The number of nitro groups is 1. The van der Waals surface area contributed by atoms with Crippen LogP contribution < -0.4 is 0 Å². The highest BCUT2D eigenvalue weighted by Crippen LogP contribution is 2.34. The maximum Gasteiger partial charge on any atom is 0.295 e. The zero-order valence-corrected chi connectivity index (χ0v) is 9.15. The molecule has 13 heavy (non-hydrogen) atoms. The summed E-state index contributed by atoms with van der Waals surface area (Å²) in [5, 5.41) is 10.4. The quantitative estimate of drug-likeness (QED) is 0.479. The lowest BCUT2D eigenvalue weighted by molar-refractivity contribution is -0.385. The van der Waals surface area contributed by atoms with Crippen molar-refractivity contribution in [3.8, 4) is 0 Å². The van der Waals surface area contributed by atoms with Crippen molar-refractivity contribution in [2.24, 2.45) is 0 Å². The Morgan fingerprint density at radius 3 is 2.77 bits per heavy atom. The molecule has 1 heterocycles. The number of thiophene rings is 1. The molecule has 4 nitrogen and oxygen atoms in total. The van der Waals surface area contributed by atoms with Crippen molar-refractivity contribution in [2.75, 3.05) is 0 Å². The molecule has 0 aliphatic heterocycles. The lowest BCUT2D eigenvalue weighted by atomic mass is 10.2. The molecule has 0 radical (unpaired) electrons. The van der Waals surface area contributed by atoms with Gasteiger partial charge in [-0.15, -0.1) is 11.3 Å². The fraction of sp³-hybridized carbons (Fsp3) is 0.286. The van der Waals surface area contributed by atoms with Crippen LogP contribution in [0.15, 0.2) is 9.85 Å². The summed E-state index contributed by atoms with van der Waals surface area (Å²) in [5.41, 5.74) is -0.0400. The van der Waals surface area contributed by atoms with E-state index >= 15 is 0 Å². The molecular weight excluding hydrogens is 258 g/mol. The van der Waals surface area contributed by atoms with Gasteiger partial charge in [-0.2, -0.15) is 0 Å². The fourth-order valence-electron chi connectivity index (χ4n) is 0.795. The number of carbonyl (C=O) groups is 1. The number of Topliss-reactive ketones (excluding diaryl/α,β-unsaturated/α-hetero) is 1. The first-order valence-corrected chi connectivity index (χ1v) is 5.14. The van der Waals surface area contributed by atoms with Crippen molar-refractivity contribution in [3.05, 3.63) is 24.8 Å². The van der Waals surface area contributed by atoms with Gasteiger partial charge in [-0.3, -0.25) is 14.9 Å². The van der Waals surface area contributed by atoms with Crippen LogP contribution >= 0.6 is 27.3 Å². The molecular formula is C7H6BrNO3S. The van der Waals surface area contributed by atoms with Gasteiger partial charge in [0, 0.05) is 12.5 Å². The average Bonchev–Trinajstić information content (AvgIpc) is 2.46. The topological polar surface area (TPSA) is 60.2 Å². The molecule has 0 aliphatic carbocycles. The molecule has 0 aromatic carbocycles. The highest BCUT2D eigenvalue weighted by atomic mass is 79.9. The standard InChI is InChI=1S/C7H6BrNO3S/c1-2-5(10)6-3-4(9(11)12)7(8)13-6/h3H,2H2,1H3. The molecule has 0 fully saturated rings. The predicted molar refractivity (Wildman–Crippen MR) is 53.3 cm³/mol. The normalized spacial score (nSPS) is 10.0. The van der Waals surface area contributed by atoms with Gasteiger partial charge in [0.2, 0.25) is 0 Å². The molecule has 0 amide bonds. The van der Waals surface area contributed by atoms with Crippen LogP contribution in [-0.2, 0) is 0 Å². The maximum atomic E-state index is 11.2. The number of hydrogen-bond donors (Lipinski definition) is 0. The second-order valence-corrected chi connectivity index (χ2v) is 4.67. The molecule has 6 heteroatoms. The van der Waals surface area contributed by atoms with Crippen LogP contribution in [0.2, 0.25) is 0 Å². The van der Waals surface area contributed by atoms with Gasteiger partial charge in [0.1, 0.15) is 3.79 Å². The van der Waals surface area contributed by atoms with Gasteiger partial charge in [0.25, 0.3) is 5.69 Å². The molecule has 0 bridgehead atoms. The Bertz CT molecular complexity index is 361. The van der Waals surface area contributed by atoms with Gasteiger partial charge in [0.15, 0.2) is 5.78 Å². The first-order chi connectivity index (χ1) is 6.06. The molecule has 0 saturated carbocycles. The minimum Gasteiger partial charge on any atom is -0.293 e. The van der Waals surface area contributed by atoms with Crippen molar-refractivity contribution >= 4 is 38.7 Å². The van der Waals surface area contributed by atoms with E-state index in [-0.39, 0.29) is 11.5 Å². The van der Waals surface area contributed by atoms with E-state index in [1.54, 1.807) is 6.92 Å². The van der Waals surface area contributed by atoms with Crippen LogP contribution in [0.4, 0.5) is 5.69 Å². The SMILES string of the molecule is CCC(=O)c1cc([N+](=O)[O-])c(Br)s1. The molecule has 0 unspecified atom stereocenters. The van der Waals surface area contributed by atoms with Gasteiger partial charge >= 0.3 is 0 Å². The number of halogens is 1. The van der Waals surface area contributed by atoms with Crippen molar-refractivity contribution in [1.29, 1.82) is 0 Å². The Kier molecular flexibility index (Phi) is 3.16. The summed E-state index contributed by atoms with van der Waals surface area (Å²) in [6.45, 7) is 1.72. The first-order valence-electron chi connectivity index (χ1n) is 3.53. The first kappa shape index (κ1) is 10.3. The third kappa shape index (κ3) is 2.13. The zero-order valence-electron chi connectivity index (χ0n) is 6.74. The Balaban J connectivity index is 3.09. The molecule has 0 saturated heterocycles. The van der Waals surface area contributed by atoms with E-state index < -0.39 is 4.92 Å². The van der Waals surface area contributed by atoms with E-state index in [4.69, 9.17) is 0 Å². The van der Waals surface area contributed by atoms with Crippen LogP contribution in [0, 0.1) is 10.1 Å². The predicted octanol–water partition coefficient (Wildman–Crippen LogP) is 3.01. The third-order valence-electron chi connectivity index (χ3n) is 1.46. The third-order valence-corrected chi connectivity index (χ3v) is 3.31. The molecule has 0 spiro atoms. The van der Waals surface area contributed by atoms with Crippen molar-refractivity contribution in [3.63, 3.8) is 0 Å². The van der Waals surface area contributed by atoms with Gasteiger partial charge < -0.3 is 0 Å². The molecule has 1 rings (SSSR count). The Hall–Kier alpha value is -0.750. The summed E-state index contributed by atoms with van der Waals surface area (Å²) in [7, 11) is 0. The van der Waals surface area contributed by atoms with Crippen molar-refractivity contribution in [1.82, 2.24) is 0 Å². The van der Waals surface area contributed by atoms with Crippen LogP contribution in [0.5, 0.6) is 0 Å². The van der Waals surface area contributed by atoms with Crippen LogP contribution in [0.25, 0.3) is 0 Å². The summed E-state index contributed by atoms with van der Waals surface area (Å²) in [6, 6.07) is 1.31. The second-order valence-electron chi connectivity index (χ2n) is 2.30. The largest absolute Gasteiger partial charge is 0.295 e. The molecule has 0 aliphatic rings.